The molecule has 10 nitrogen and oxygen atoms in total. The highest BCUT2D eigenvalue weighted by Crippen LogP contribution is 2.45. The molecule has 0 aromatic carbocycles. The van der Waals surface area contributed by atoms with Crippen LogP contribution in [0.3, 0.4) is 0 Å². The summed E-state index contributed by atoms with van der Waals surface area (Å²) in [4.78, 5) is 39.4. The minimum absolute atomic E-state index is 0.0219. The van der Waals surface area contributed by atoms with Crippen molar-refractivity contribution < 1.29 is 60.4 Å². The molecule has 1 unspecified atom stereocenters. The van der Waals surface area contributed by atoms with Crippen molar-refractivity contribution in [2.24, 2.45) is 11.3 Å². The fourth-order valence-corrected chi connectivity index (χ4v) is 4.24. The molecule has 222 valence electrons. The molecule has 0 bridgehead atoms. The summed E-state index contributed by atoms with van der Waals surface area (Å²) in [6.07, 6.45) is -6.26. The Hall–Kier alpha value is -2.98. The zero-order chi connectivity index (χ0) is 29.9. The van der Waals surface area contributed by atoms with E-state index in [1.54, 1.807) is 14.2 Å². The Kier molecular flexibility index (Phi) is 13.1. The van der Waals surface area contributed by atoms with Crippen molar-refractivity contribution >= 4 is 17.8 Å². The number of methoxy groups -OCH3 is 2. The fourth-order valence-electron chi connectivity index (χ4n) is 4.24. The average Bonchev–Trinajstić information content (AvgIpc) is 3.10. The maximum atomic E-state index is 12.8. The molecule has 2 aliphatic heterocycles. The van der Waals surface area contributed by atoms with Crippen molar-refractivity contribution in [3.8, 4) is 0 Å². The summed E-state index contributed by atoms with van der Waals surface area (Å²) in [5.74, 6) is -5.30. The summed E-state index contributed by atoms with van der Waals surface area (Å²) >= 11 is 0. The Bertz CT molecular complexity index is 899. The lowest BCUT2D eigenvalue weighted by atomic mass is 9.71. The minimum atomic E-state index is -5.08. The van der Waals surface area contributed by atoms with Gasteiger partial charge in [-0.1, -0.05) is 6.07 Å². The second-order valence-corrected chi connectivity index (χ2v) is 8.83. The van der Waals surface area contributed by atoms with Crippen LogP contribution in [0.2, 0.25) is 0 Å². The number of halogens is 6. The maximum Gasteiger partial charge on any atom is 0.490 e. The Labute approximate surface area is 220 Å². The predicted octanol–water partition coefficient (Wildman–Crippen LogP) is 2.68. The number of aromatic nitrogens is 1. The van der Waals surface area contributed by atoms with E-state index in [9.17, 15) is 31.1 Å². The average molecular weight is 576 g/mol. The van der Waals surface area contributed by atoms with Crippen LogP contribution in [0.25, 0.3) is 0 Å². The maximum absolute atomic E-state index is 12.8. The molecule has 1 spiro atoms. The molecule has 2 aliphatic rings. The van der Waals surface area contributed by atoms with Crippen LogP contribution < -0.4 is 0 Å². The van der Waals surface area contributed by atoms with E-state index < -0.39 is 24.3 Å². The number of hydrogen-bond acceptors (Lipinski definition) is 7. The van der Waals surface area contributed by atoms with Gasteiger partial charge in [-0.25, -0.2) is 9.59 Å². The van der Waals surface area contributed by atoms with E-state index in [-0.39, 0.29) is 17.2 Å². The van der Waals surface area contributed by atoms with Gasteiger partial charge in [0.05, 0.1) is 24.8 Å². The van der Waals surface area contributed by atoms with E-state index in [0.29, 0.717) is 19.8 Å². The second-order valence-electron chi connectivity index (χ2n) is 8.83. The van der Waals surface area contributed by atoms with Gasteiger partial charge in [0.1, 0.15) is 0 Å². The molecule has 3 heterocycles. The molecule has 1 atom stereocenters. The molecule has 1 amide bonds. The van der Waals surface area contributed by atoms with Gasteiger partial charge in [-0.3, -0.25) is 14.7 Å². The van der Waals surface area contributed by atoms with Crippen molar-refractivity contribution in [1.29, 1.82) is 0 Å². The zero-order valence-corrected chi connectivity index (χ0v) is 21.3. The molecule has 2 saturated heterocycles. The smallest absolute Gasteiger partial charge is 0.475 e. The van der Waals surface area contributed by atoms with Crippen LogP contribution in [0.5, 0.6) is 0 Å². The SMILES string of the molecule is COCCN1CC2(CCN(Cc3ccccn3)CC2)C(COC)C1=O.O=C(O)C(F)(F)F.O=C(O)C(F)(F)F. The minimum Gasteiger partial charge on any atom is -0.475 e. The number of amides is 1. The number of pyridine rings is 1. The van der Waals surface area contributed by atoms with Crippen LogP contribution in [0.15, 0.2) is 24.4 Å². The van der Waals surface area contributed by atoms with Crippen LogP contribution in [-0.2, 0) is 30.4 Å². The third-order valence-electron chi connectivity index (χ3n) is 6.20. The number of hydrogen-bond donors (Lipinski definition) is 2. The first-order valence-corrected chi connectivity index (χ1v) is 11.6. The fraction of sp³-hybridized carbons (Fsp3) is 0.652. The van der Waals surface area contributed by atoms with Crippen molar-refractivity contribution in [3.63, 3.8) is 0 Å². The summed E-state index contributed by atoms with van der Waals surface area (Å²) in [5, 5.41) is 14.2. The topological polar surface area (TPSA) is 130 Å². The van der Waals surface area contributed by atoms with E-state index in [4.69, 9.17) is 29.3 Å². The monoisotopic (exact) mass is 575 g/mol. The van der Waals surface area contributed by atoms with Gasteiger partial charge in [-0.15, -0.1) is 0 Å². The molecule has 2 N–H and O–H groups in total. The Morgan fingerprint density at radius 2 is 1.56 bits per heavy atom. The van der Waals surface area contributed by atoms with Gasteiger partial charge >= 0.3 is 24.3 Å². The standard InChI is InChI=1S/C19H29N3O3.2C2HF3O2/c1-24-12-11-22-15-19(17(14-25-2)18(22)23)6-9-21(10-7-19)13-16-5-3-4-8-20-16;2*3-2(4,5)1(6)7/h3-5,8,17H,6-7,9-15H2,1-2H3;2*(H,6,7). The van der Waals surface area contributed by atoms with Crippen molar-refractivity contribution in [1.82, 2.24) is 14.8 Å². The van der Waals surface area contributed by atoms with Crippen LogP contribution in [0.4, 0.5) is 26.3 Å². The van der Waals surface area contributed by atoms with Gasteiger partial charge < -0.3 is 24.6 Å². The van der Waals surface area contributed by atoms with Crippen LogP contribution >= 0.6 is 0 Å². The molecule has 0 aliphatic carbocycles. The molecular weight excluding hydrogens is 544 g/mol. The highest BCUT2D eigenvalue weighted by Gasteiger charge is 2.52. The first kappa shape index (κ1) is 34.0. The summed E-state index contributed by atoms with van der Waals surface area (Å²) in [6.45, 7) is 5.50. The largest absolute Gasteiger partial charge is 0.490 e. The molecule has 3 rings (SSSR count). The molecule has 1 aromatic heterocycles. The van der Waals surface area contributed by atoms with Gasteiger partial charge in [-0.05, 0) is 38.1 Å². The number of aliphatic carboxylic acids is 2. The number of carboxylic acids is 2. The number of rotatable bonds is 7. The van der Waals surface area contributed by atoms with Gasteiger partial charge in [-0.2, -0.15) is 26.3 Å². The molecule has 1 aromatic rings. The lowest BCUT2D eigenvalue weighted by molar-refractivity contribution is -0.193. The number of likely N-dealkylation sites (tertiary alicyclic amines) is 2. The van der Waals surface area contributed by atoms with E-state index >= 15 is 0 Å². The normalized spacial score (nSPS) is 19.1. The van der Waals surface area contributed by atoms with Crippen LogP contribution in [0.1, 0.15) is 18.5 Å². The third kappa shape index (κ3) is 11.0. The van der Waals surface area contributed by atoms with Crippen molar-refractivity contribution in [3.05, 3.63) is 30.1 Å². The van der Waals surface area contributed by atoms with E-state index in [2.05, 4.69) is 16.0 Å². The van der Waals surface area contributed by atoms with Gasteiger partial charge in [0, 0.05) is 45.5 Å². The van der Waals surface area contributed by atoms with Gasteiger partial charge in [0.2, 0.25) is 5.91 Å². The number of carboxylic acid groups (broad SMARTS) is 2. The number of alkyl halides is 6. The molecule has 39 heavy (non-hydrogen) atoms. The molecule has 0 saturated carbocycles. The lowest BCUT2D eigenvalue weighted by Gasteiger charge is -2.41. The highest BCUT2D eigenvalue weighted by atomic mass is 19.4. The molecule has 2 fully saturated rings. The number of piperidine rings is 1. The Morgan fingerprint density at radius 1 is 1.03 bits per heavy atom. The third-order valence-corrected chi connectivity index (χ3v) is 6.20. The Balaban J connectivity index is 0.000000449. The lowest BCUT2D eigenvalue weighted by Crippen LogP contribution is -2.45. The Morgan fingerprint density at radius 3 is 1.97 bits per heavy atom. The summed E-state index contributed by atoms with van der Waals surface area (Å²) < 4.78 is 74.0. The predicted molar refractivity (Wildman–Crippen MR) is 122 cm³/mol. The van der Waals surface area contributed by atoms with Crippen molar-refractivity contribution in [2.75, 3.05) is 53.6 Å². The van der Waals surface area contributed by atoms with E-state index in [1.165, 1.54) is 0 Å². The zero-order valence-electron chi connectivity index (χ0n) is 21.3. The number of ether oxygens (including phenoxy) is 2. The van der Waals surface area contributed by atoms with Crippen molar-refractivity contribution in [2.45, 2.75) is 31.7 Å². The molecule has 16 heteroatoms. The molecule has 0 radical (unpaired) electrons. The summed E-state index contributed by atoms with van der Waals surface area (Å²) in [6, 6.07) is 6.05. The first-order chi connectivity index (χ1) is 18.1. The van der Waals surface area contributed by atoms with E-state index in [0.717, 1.165) is 44.7 Å². The number of nitrogens with zero attached hydrogens (tertiary/aromatic N) is 3. The molecular formula is C23H31F6N3O7. The highest BCUT2D eigenvalue weighted by molar-refractivity contribution is 5.82. The van der Waals surface area contributed by atoms with E-state index in [1.807, 2.05) is 23.2 Å². The summed E-state index contributed by atoms with van der Waals surface area (Å²) in [5.41, 5.74) is 1.15. The quantitative estimate of drug-likeness (QED) is 0.472. The van der Waals surface area contributed by atoms with Gasteiger partial charge in [0.25, 0.3) is 0 Å². The number of carbonyl (C=O) groups excluding carboxylic acids is 1. The summed E-state index contributed by atoms with van der Waals surface area (Å²) in [7, 11) is 3.37. The van der Waals surface area contributed by atoms with Crippen LogP contribution in [-0.4, -0.2) is 109 Å². The van der Waals surface area contributed by atoms with Crippen LogP contribution in [0, 0.1) is 11.3 Å². The first-order valence-electron chi connectivity index (χ1n) is 11.6. The van der Waals surface area contributed by atoms with Gasteiger partial charge in [0.15, 0.2) is 0 Å². The number of carbonyl (C=O) groups is 3. The second kappa shape index (κ2) is 15.0.